The van der Waals surface area contributed by atoms with E-state index in [1.807, 2.05) is 12.1 Å². The van der Waals surface area contributed by atoms with Crippen LogP contribution >= 0.6 is 22.7 Å². The van der Waals surface area contributed by atoms with Crippen LogP contribution in [0.3, 0.4) is 0 Å². The molecule has 0 aliphatic heterocycles. The highest BCUT2D eigenvalue weighted by Gasteiger charge is 2.19. The van der Waals surface area contributed by atoms with E-state index in [0.29, 0.717) is 0 Å². The molecule has 0 saturated heterocycles. The van der Waals surface area contributed by atoms with Gasteiger partial charge >= 0.3 is 0 Å². The third kappa shape index (κ3) is 7.24. The van der Waals surface area contributed by atoms with Crippen molar-refractivity contribution in [1.29, 1.82) is 0 Å². The van der Waals surface area contributed by atoms with Crippen molar-refractivity contribution in [3.63, 3.8) is 0 Å². The molecule has 9 aromatic carbocycles. The fourth-order valence-electron chi connectivity index (χ4n) is 9.21. The highest BCUT2D eigenvalue weighted by atomic mass is 32.1. The first-order chi connectivity index (χ1) is 33.7. The Morgan fingerprint density at radius 1 is 0.221 bits per heavy atom. The van der Waals surface area contributed by atoms with E-state index in [9.17, 15) is 0 Å². The highest BCUT2D eigenvalue weighted by Crippen LogP contribution is 2.42. The Balaban J connectivity index is 0.782. The number of aromatic nitrogens is 4. The minimum atomic E-state index is 0.719. The van der Waals surface area contributed by atoms with Gasteiger partial charge in [-0.25, -0.2) is 19.9 Å². The fourth-order valence-corrected chi connectivity index (χ4v) is 11.5. The van der Waals surface area contributed by atoms with Crippen LogP contribution in [-0.4, -0.2) is 19.9 Å². The first kappa shape index (κ1) is 39.9. The average molecular weight is 903 g/mol. The van der Waals surface area contributed by atoms with Crippen LogP contribution in [0.1, 0.15) is 0 Å². The van der Waals surface area contributed by atoms with E-state index in [-0.39, 0.29) is 0 Å². The summed E-state index contributed by atoms with van der Waals surface area (Å²) < 4.78 is 4.62. The molecule has 6 heteroatoms. The molecule has 68 heavy (non-hydrogen) atoms. The minimum absolute atomic E-state index is 0.719. The first-order valence-electron chi connectivity index (χ1n) is 22.7. The predicted molar refractivity (Wildman–Crippen MR) is 287 cm³/mol. The minimum Gasteiger partial charge on any atom is -0.226 e. The molecule has 4 heterocycles. The van der Waals surface area contributed by atoms with Gasteiger partial charge in [0.15, 0.2) is 11.6 Å². The number of thiophene rings is 2. The molecular formula is C62H38N4S2. The highest BCUT2D eigenvalue weighted by molar-refractivity contribution is 7.26. The summed E-state index contributed by atoms with van der Waals surface area (Å²) in [6.45, 7) is 0. The van der Waals surface area contributed by atoms with Gasteiger partial charge in [0.25, 0.3) is 0 Å². The first-order valence-corrected chi connectivity index (χ1v) is 24.3. The second kappa shape index (κ2) is 16.8. The summed E-state index contributed by atoms with van der Waals surface area (Å²) in [6, 6.07) is 81.5. The largest absolute Gasteiger partial charge is 0.226 e. The molecule has 0 aliphatic carbocycles. The van der Waals surface area contributed by atoms with Crippen molar-refractivity contribution in [3.05, 3.63) is 231 Å². The molecule has 0 radical (unpaired) electrons. The number of nitrogens with zero attached hydrogens (tertiary/aromatic N) is 4. The van der Waals surface area contributed by atoms with Gasteiger partial charge in [0.1, 0.15) is 0 Å². The molecule has 0 unspecified atom stereocenters. The maximum Gasteiger partial charge on any atom is 0.160 e. The van der Waals surface area contributed by atoms with Crippen molar-refractivity contribution in [2.45, 2.75) is 0 Å². The van der Waals surface area contributed by atoms with Crippen molar-refractivity contribution in [2.75, 3.05) is 0 Å². The Labute approximate surface area is 401 Å². The molecule has 0 N–H and O–H groups in total. The van der Waals surface area contributed by atoms with E-state index in [4.69, 9.17) is 19.9 Å². The Hall–Kier alpha value is -8.42. The predicted octanol–water partition coefficient (Wildman–Crippen LogP) is 17.3. The molecule has 4 aromatic heterocycles. The Morgan fingerprint density at radius 3 is 0.824 bits per heavy atom. The number of fused-ring (bicyclic) bond motifs is 6. The number of hydrogen-bond donors (Lipinski definition) is 0. The van der Waals surface area contributed by atoms with Crippen molar-refractivity contribution in [1.82, 2.24) is 19.9 Å². The summed E-state index contributed by atoms with van der Waals surface area (Å²) in [5.74, 6) is 1.44. The normalized spacial score (nSPS) is 11.5. The molecular weight excluding hydrogens is 865 g/mol. The third-order valence-electron chi connectivity index (χ3n) is 12.8. The molecule has 0 amide bonds. The van der Waals surface area contributed by atoms with Crippen LogP contribution in [0.2, 0.25) is 0 Å². The SMILES string of the molecule is c1ccc(-c2ccc(-c3nc(-c4ccc(-c5ccc(-c6ccc(-c7nc(-c8ccc(-c9ccccc9)cc8)c8sc9ccccc9c8n7)cc6)cc5)cc4)nc4c3sc3ccccc34)cc2)cc1. The zero-order valence-corrected chi connectivity index (χ0v) is 38.2. The molecule has 0 spiro atoms. The molecule has 13 aromatic rings. The van der Waals surface area contributed by atoms with Crippen molar-refractivity contribution < 1.29 is 0 Å². The lowest BCUT2D eigenvalue weighted by Crippen LogP contribution is -1.94. The summed E-state index contributed by atoms with van der Waals surface area (Å²) in [7, 11) is 0. The molecule has 0 fully saturated rings. The summed E-state index contributed by atoms with van der Waals surface area (Å²) in [4.78, 5) is 20.9. The standard InChI is InChI=1S/C62H38N4S2/c1-3-11-39(12-4-1)41-23-31-47(32-24-41)55-59-57(51-15-7-9-17-53(51)67-59)65-61(63-55)49-35-27-45(28-36-49)43-19-21-44(22-20-43)46-29-37-50(38-30-46)62-64-56(60-58(66-62)52-16-8-10-18-54(52)68-60)48-33-25-42(26-34-48)40-13-5-2-6-14-40/h1-38H. The molecule has 318 valence electrons. The Morgan fingerprint density at radius 2 is 0.485 bits per heavy atom. The molecule has 0 aliphatic rings. The fraction of sp³-hybridized carbons (Fsp3) is 0. The second-order valence-electron chi connectivity index (χ2n) is 17.0. The van der Waals surface area contributed by atoms with Crippen molar-refractivity contribution in [3.8, 4) is 89.8 Å². The van der Waals surface area contributed by atoms with Crippen LogP contribution in [0.5, 0.6) is 0 Å². The lowest BCUT2D eigenvalue weighted by Gasteiger charge is -2.10. The Kier molecular flexibility index (Phi) is 9.85. The van der Waals surface area contributed by atoms with Crippen molar-refractivity contribution in [2.24, 2.45) is 0 Å². The van der Waals surface area contributed by atoms with Crippen LogP contribution < -0.4 is 0 Å². The van der Waals surface area contributed by atoms with E-state index in [1.54, 1.807) is 22.7 Å². The Bertz CT molecular complexity index is 3690. The summed E-state index contributed by atoms with van der Waals surface area (Å²) in [5, 5.41) is 2.31. The maximum atomic E-state index is 5.26. The van der Waals surface area contributed by atoms with E-state index in [0.717, 1.165) is 98.7 Å². The van der Waals surface area contributed by atoms with Gasteiger partial charge in [-0.1, -0.05) is 218 Å². The van der Waals surface area contributed by atoms with E-state index in [2.05, 4.69) is 218 Å². The van der Waals surface area contributed by atoms with Crippen LogP contribution in [0.4, 0.5) is 0 Å². The number of rotatable bonds is 8. The lowest BCUT2D eigenvalue weighted by atomic mass is 9.98. The summed E-state index contributed by atoms with van der Waals surface area (Å²) in [6.07, 6.45) is 0. The summed E-state index contributed by atoms with van der Waals surface area (Å²) in [5.41, 5.74) is 17.3. The van der Waals surface area contributed by atoms with Gasteiger partial charge < -0.3 is 0 Å². The zero-order valence-electron chi connectivity index (χ0n) is 36.5. The summed E-state index contributed by atoms with van der Waals surface area (Å²) >= 11 is 3.51. The van der Waals surface area contributed by atoms with E-state index in [1.165, 1.54) is 31.7 Å². The number of hydrogen-bond acceptors (Lipinski definition) is 6. The van der Waals surface area contributed by atoms with Crippen LogP contribution in [-0.2, 0) is 0 Å². The van der Waals surface area contributed by atoms with E-state index < -0.39 is 0 Å². The smallest absolute Gasteiger partial charge is 0.160 e. The van der Waals surface area contributed by atoms with Gasteiger partial charge in [-0.3, -0.25) is 0 Å². The topological polar surface area (TPSA) is 51.6 Å². The number of benzene rings is 9. The van der Waals surface area contributed by atoms with Crippen molar-refractivity contribution >= 4 is 63.3 Å². The molecule has 4 nitrogen and oxygen atoms in total. The van der Waals surface area contributed by atoms with E-state index >= 15 is 0 Å². The third-order valence-corrected chi connectivity index (χ3v) is 15.1. The van der Waals surface area contributed by atoms with Gasteiger partial charge in [0.05, 0.1) is 31.8 Å². The molecule has 0 atom stereocenters. The monoisotopic (exact) mass is 902 g/mol. The van der Waals surface area contributed by atoms with Gasteiger partial charge in [0.2, 0.25) is 0 Å². The quantitative estimate of drug-likeness (QED) is 0.152. The molecule has 0 bridgehead atoms. The van der Waals surface area contributed by atoms with Gasteiger partial charge in [-0.05, 0) is 56.6 Å². The van der Waals surface area contributed by atoms with Gasteiger partial charge in [-0.2, -0.15) is 0 Å². The zero-order chi connectivity index (χ0) is 45.0. The van der Waals surface area contributed by atoms with Crippen LogP contribution in [0.25, 0.3) is 130 Å². The second-order valence-corrected chi connectivity index (χ2v) is 19.1. The maximum absolute atomic E-state index is 5.26. The van der Waals surface area contributed by atoms with Gasteiger partial charge in [-0.15, -0.1) is 22.7 Å². The molecule has 0 saturated carbocycles. The molecule has 13 rings (SSSR count). The average Bonchev–Trinajstić information content (AvgIpc) is 4.00. The van der Waals surface area contributed by atoms with Gasteiger partial charge in [0, 0.05) is 42.4 Å². The lowest BCUT2D eigenvalue weighted by molar-refractivity contribution is 1.24. The van der Waals surface area contributed by atoms with Crippen LogP contribution in [0.15, 0.2) is 231 Å². The van der Waals surface area contributed by atoms with Crippen LogP contribution in [0, 0.1) is 0 Å².